The summed E-state index contributed by atoms with van der Waals surface area (Å²) in [5.41, 5.74) is 19.1. The zero-order valence-electron chi connectivity index (χ0n) is 55.4. The van der Waals surface area contributed by atoms with Crippen molar-refractivity contribution in [3.63, 3.8) is 0 Å². The molecule has 0 radical (unpaired) electrons. The van der Waals surface area contributed by atoms with E-state index in [9.17, 15) is 0 Å². The average Bonchev–Trinajstić information content (AvgIpc) is 1.58. The molecular weight excluding hydrogens is 1270 g/mol. The molecule has 0 saturated carbocycles. The first kappa shape index (κ1) is 58.4. The zero-order chi connectivity index (χ0) is 68.5. The Morgan fingerprint density at radius 3 is 0.864 bits per heavy atom. The number of nitrogens with zero attached hydrogens (tertiary/aromatic N) is 7. The van der Waals surface area contributed by atoms with Crippen molar-refractivity contribution in [2.45, 2.75) is 13.1 Å². The first-order valence-electron chi connectivity index (χ1n) is 34.6. The number of benzene rings is 15. The number of fused-ring (bicyclic) bond motifs is 18. The summed E-state index contributed by atoms with van der Waals surface area (Å²) in [6.45, 7) is 10.5. The minimum Gasteiger partial charge on any atom is -0.309 e. The first-order valence-corrected chi connectivity index (χ1v) is 34.6. The maximum absolute atomic E-state index is 16.0. The van der Waals surface area contributed by atoms with Crippen LogP contribution in [0.2, 0.25) is 0 Å². The maximum Gasteiger partial charge on any atom is 0.417 e. The maximum atomic E-state index is 16.0. The monoisotopic (exact) mass is 1330 g/mol. The van der Waals surface area contributed by atoms with E-state index in [2.05, 4.69) is 305 Å². The van der Waals surface area contributed by atoms with Gasteiger partial charge in [0.05, 0.1) is 84.0 Å². The molecule has 6 heterocycles. The molecule has 0 atom stereocenters. The second-order valence-corrected chi connectivity index (χ2v) is 27.0. The van der Waals surface area contributed by atoms with E-state index in [4.69, 9.17) is 6.57 Å². The Kier molecular flexibility index (Phi) is 12.4. The highest BCUT2D eigenvalue weighted by molar-refractivity contribution is 6.17. The van der Waals surface area contributed by atoms with Gasteiger partial charge in [-0.1, -0.05) is 170 Å². The fourth-order valence-electron chi connectivity index (χ4n) is 17.3. The molecule has 10 heteroatoms. The van der Waals surface area contributed by atoms with Crippen LogP contribution in [0.15, 0.2) is 322 Å². The summed E-state index contributed by atoms with van der Waals surface area (Å²) in [7, 11) is 0. The van der Waals surface area contributed by atoms with Gasteiger partial charge in [-0.25, -0.2) is 4.85 Å². The number of aryl methyl sites for hydroxylation is 1. The molecule has 21 aromatic rings. The van der Waals surface area contributed by atoms with Crippen LogP contribution in [0.1, 0.15) is 11.1 Å². The van der Waals surface area contributed by atoms with Crippen LogP contribution in [0.3, 0.4) is 0 Å². The van der Waals surface area contributed by atoms with E-state index in [0.717, 1.165) is 159 Å². The molecule has 0 amide bonds. The second kappa shape index (κ2) is 21.9. The van der Waals surface area contributed by atoms with E-state index >= 15 is 13.2 Å². The Labute approximate surface area is 587 Å². The topological polar surface area (TPSA) is 33.9 Å². The summed E-state index contributed by atoms with van der Waals surface area (Å²) < 4.78 is 62.0. The summed E-state index contributed by atoms with van der Waals surface area (Å²) in [5.74, 6) is 0. The lowest BCUT2D eigenvalue weighted by Gasteiger charge is -2.22. The molecule has 484 valence electrons. The van der Waals surface area contributed by atoms with Crippen LogP contribution >= 0.6 is 0 Å². The molecule has 0 N–H and O–H groups in total. The number of halogens is 3. The Bertz CT molecular complexity index is 6720. The van der Waals surface area contributed by atoms with Crippen LogP contribution in [-0.2, 0) is 6.18 Å². The number of aromatic nitrogens is 6. The van der Waals surface area contributed by atoms with Crippen molar-refractivity contribution in [3.05, 3.63) is 344 Å². The molecule has 0 saturated heterocycles. The lowest BCUT2D eigenvalue weighted by Crippen LogP contribution is -2.09. The number of rotatable bonds is 8. The molecule has 103 heavy (non-hydrogen) atoms. The third kappa shape index (κ3) is 8.51. The van der Waals surface area contributed by atoms with E-state index in [1.54, 1.807) is 13.0 Å². The molecule has 0 bridgehead atoms. The van der Waals surface area contributed by atoms with Crippen molar-refractivity contribution in [3.8, 4) is 56.4 Å². The van der Waals surface area contributed by atoms with Gasteiger partial charge in [0.2, 0.25) is 0 Å². The summed E-state index contributed by atoms with van der Waals surface area (Å²) in [6, 6.07) is 111. The molecule has 0 fully saturated rings. The van der Waals surface area contributed by atoms with E-state index < -0.39 is 11.7 Å². The van der Waals surface area contributed by atoms with Crippen LogP contribution in [-0.4, -0.2) is 27.4 Å². The van der Waals surface area contributed by atoms with Crippen LogP contribution in [0.4, 0.5) is 18.9 Å². The van der Waals surface area contributed by atoms with Gasteiger partial charge in [-0.05, 0) is 186 Å². The normalized spacial score (nSPS) is 12.3. The molecule has 15 aromatic carbocycles. The highest BCUT2D eigenvalue weighted by Gasteiger charge is 2.36. The smallest absolute Gasteiger partial charge is 0.309 e. The predicted octanol–water partition coefficient (Wildman–Crippen LogP) is 25.5. The highest BCUT2D eigenvalue weighted by Crippen LogP contribution is 2.49. The third-order valence-electron chi connectivity index (χ3n) is 21.6. The summed E-state index contributed by atoms with van der Waals surface area (Å²) in [4.78, 5) is 4.09. The van der Waals surface area contributed by atoms with Crippen molar-refractivity contribution in [2.75, 3.05) is 0 Å². The zero-order valence-corrected chi connectivity index (χ0v) is 55.4. The molecule has 0 unspecified atom stereocenters. The Hall–Kier alpha value is -13.6. The summed E-state index contributed by atoms with van der Waals surface area (Å²) in [6.07, 6.45) is -4.72. The van der Waals surface area contributed by atoms with Crippen molar-refractivity contribution < 1.29 is 13.2 Å². The van der Waals surface area contributed by atoms with E-state index in [1.807, 2.05) is 30.3 Å². The highest BCUT2D eigenvalue weighted by atomic mass is 19.4. The van der Waals surface area contributed by atoms with Crippen molar-refractivity contribution >= 4 is 137 Å². The lowest BCUT2D eigenvalue weighted by molar-refractivity contribution is -0.137. The Morgan fingerprint density at radius 1 is 0.252 bits per heavy atom. The average molecular weight is 1330 g/mol. The summed E-state index contributed by atoms with van der Waals surface area (Å²) >= 11 is 0. The molecule has 6 aromatic heterocycles. The Morgan fingerprint density at radius 2 is 0.544 bits per heavy atom. The van der Waals surface area contributed by atoms with Crippen LogP contribution in [0.25, 0.3) is 192 Å². The molecule has 0 spiro atoms. The SMILES string of the molecule is [C-]#[N+]c1ccc(-n2c3ccc(-n4c5ccccc5c5ccccc54)cc3c3cc(-n4c5ccccc5c5ccccc54)ccc32)c(-c2cc(-n3c4ccc(-n5c6ccccc6c6ccccc65)cc4c4cc(-n5c6ccccc6c6ccccc65)ccc43)ccc2-c2c(C)cccc2C(F)(F)F)c1. The standard InChI is InChI=1S/C93H56F3N7/c1-56-20-19-29-78(93(94,95)96)92(56)71-44-39-58(102-87-46-40-59(98-79-30-11-3-21-63(79)64-22-4-12-31-80(64)98)52-74(87)75-53-60(41-47-88(75)102)99-81-32-13-5-23-65(81)66-24-6-14-33-82(66)99)51-72(71)73-50-57(97-2)38-45-89(73)103-90-48-42-61(100-83-34-15-7-25-67(83)68-26-8-16-35-84(68)100)54-76(90)77-55-62(43-49-91(77)103)101-85-36-17-9-27-69(85)70-28-10-18-37-86(70)101/h3-55H,1H3. The first-order chi connectivity index (χ1) is 50.6. The van der Waals surface area contributed by atoms with Gasteiger partial charge in [0.25, 0.3) is 0 Å². The number of hydrogen-bond acceptors (Lipinski definition) is 0. The van der Waals surface area contributed by atoms with Gasteiger partial charge >= 0.3 is 6.18 Å². The van der Waals surface area contributed by atoms with Crippen LogP contribution in [0, 0.1) is 13.5 Å². The molecule has 7 nitrogen and oxygen atoms in total. The fourth-order valence-corrected chi connectivity index (χ4v) is 17.3. The quantitative estimate of drug-likeness (QED) is 0.136. The number of alkyl halides is 3. The number of para-hydroxylation sites is 8. The van der Waals surface area contributed by atoms with Crippen LogP contribution in [0.5, 0.6) is 0 Å². The van der Waals surface area contributed by atoms with Gasteiger partial charge in [0, 0.05) is 93.1 Å². The molecule has 0 aliphatic carbocycles. The molecule has 0 aliphatic heterocycles. The van der Waals surface area contributed by atoms with Gasteiger partial charge in [-0.3, -0.25) is 0 Å². The minimum atomic E-state index is -4.72. The third-order valence-corrected chi connectivity index (χ3v) is 21.6. The van der Waals surface area contributed by atoms with E-state index in [1.165, 1.54) is 12.1 Å². The molecule has 0 aliphatic rings. The predicted molar refractivity (Wildman–Crippen MR) is 419 cm³/mol. The van der Waals surface area contributed by atoms with Gasteiger partial charge in [-0.15, -0.1) is 0 Å². The van der Waals surface area contributed by atoms with Gasteiger partial charge in [0.1, 0.15) is 0 Å². The number of hydrogen-bond donors (Lipinski definition) is 0. The lowest BCUT2D eigenvalue weighted by atomic mass is 9.87. The van der Waals surface area contributed by atoms with Gasteiger partial charge in [-0.2, -0.15) is 13.2 Å². The van der Waals surface area contributed by atoms with Gasteiger partial charge < -0.3 is 27.4 Å². The fraction of sp³-hybridized carbons (Fsp3) is 0.0215. The van der Waals surface area contributed by atoms with Crippen molar-refractivity contribution in [1.29, 1.82) is 0 Å². The molecular formula is C93H56F3N7. The minimum absolute atomic E-state index is 0.0680. The molecule has 21 rings (SSSR count). The van der Waals surface area contributed by atoms with Crippen molar-refractivity contribution in [1.82, 2.24) is 27.4 Å². The largest absolute Gasteiger partial charge is 0.417 e. The van der Waals surface area contributed by atoms with Crippen molar-refractivity contribution in [2.24, 2.45) is 0 Å². The Balaban J connectivity index is 0.850. The van der Waals surface area contributed by atoms with E-state index in [-0.39, 0.29) is 5.56 Å². The van der Waals surface area contributed by atoms with Gasteiger partial charge in [0.15, 0.2) is 5.69 Å². The van der Waals surface area contributed by atoms with E-state index in [0.29, 0.717) is 33.6 Å². The van der Waals surface area contributed by atoms with Crippen LogP contribution < -0.4 is 0 Å². The second-order valence-electron chi connectivity index (χ2n) is 27.0. The summed E-state index contributed by atoms with van der Waals surface area (Å²) in [5, 5.41) is 13.1.